The summed E-state index contributed by atoms with van der Waals surface area (Å²) in [5, 5.41) is 1.61. The second-order valence-corrected chi connectivity index (χ2v) is 5.14. The molecule has 0 aliphatic heterocycles. The van der Waals surface area contributed by atoms with E-state index in [0.29, 0.717) is 6.08 Å². The van der Waals surface area contributed by atoms with Crippen LogP contribution in [0, 0.1) is 0 Å². The monoisotopic (exact) mass is 314 g/mol. The van der Waals surface area contributed by atoms with Gasteiger partial charge in [-0.05, 0) is 23.1 Å². The van der Waals surface area contributed by atoms with E-state index in [1.165, 1.54) is 30.3 Å². The fourth-order valence-corrected chi connectivity index (χ4v) is 2.36. The molecule has 21 heavy (non-hydrogen) atoms. The average Bonchev–Trinajstić information content (AvgIpc) is 2.99. The summed E-state index contributed by atoms with van der Waals surface area (Å²) < 4.78 is 52.7. The van der Waals surface area contributed by atoms with Crippen LogP contribution in [-0.4, -0.2) is 18.1 Å². The molecule has 0 unspecified atom stereocenters. The van der Waals surface area contributed by atoms with Crippen LogP contribution in [0.15, 0.2) is 53.9 Å². The van der Waals surface area contributed by atoms with Crippen LogP contribution in [0.5, 0.6) is 0 Å². The van der Waals surface area contributed by atoms with Gasteiger partial charge in [-0.15, -0.1) is 11.3 Å². The summed E-state index contributed by atoms with van der Waals surface area (Å²) in [6, 6.07) is 10.0. The van der Waals surface area contributed by atoms with Crippen LogP contribution in [-0.2, 0) is 0 Å². The average molecular weight is 314 g/mol. The van der Waals surface area contributed by atoms with Gasteiger partial charge in [-0.3, -0.25) is 4.79 Å². The number of hydrogen-bond acceptors (Lipinski definition) is 2. The van der Waals surface area contributed by atoms with Crippen molar-refractivity contribution in [3.8, 4) is 0 Å². The smallest absolute Gasteiger partial charge is 0.288 e. The highest BCUT2D eigenvalue weighted by molar-refractivity contribution is 7.12. The van der Waals surface area contributed by atoms with Crippen LogP contribution in [0.1, 0.15) is 15.2 Å². The molecule has 0 fully saturated rings. The number of rotatable bonds is 5. The summed E-state index contributed by atoms with van der Waals surface area (Å²) in [4.78, 5) is 12.1. The second-order valence-electron chi connectivity index (χ2n) is 4.19. The Labute approximate surface area is 122 Å². The molecule has 1 heterocycles. The summed E-state index contributed by atoms with van der Waals surface area (Å²) in [5.41, 5.74) is -1.08. The number of hydrogen-bond donors (Lipinski definition) is 0. The zero-order valence-corrected chi connectivity index (χ0v) is 11.4. The van der Waals surface area contributed by atoms with E-state index in [9.17, 15) is 22.4 Å². The van der Waals surface area contributed by atoms with Crippen molar-refractivity contribution < 1.29 is 22.4 Å². The van der Waals surface area contributed by atoms with Crippen molar-refractivity contribution in [3.05, 3.63) is 64.4 Å². The minimum atomic E-state index is -4.39. The first kappa shape index (κ1) is 15.4. The molecule has 0 amide bonds. The van der Waals surface area contributed by atoms with Crippen LogP contribution in [0.2, 0.25) is 0 Å². The molecule has 2 aromatic rings. The van der Waals surface area contributed by atoms with Gasteiger partial charge in [-0.25, -0.2) is 8.78 Å². The SMILES string of the molecule is O=C(/C=C(\c1ccccc1)C(F)(F)C(F)F)c1cccs1. The van der Waals surface area contributed by atoms with E-state index in [1.54, 1.807) is 17.5 Å². The first-order valence-electron chi connectivity index (χ1n) is 5.94. The van der Waals surface area contributed by atoms with E-state index in [1.807, 2.05) is 0 Å². The maximum absolute atomic E-state index is 13.7. The van der Waals surface area contributed by atoms with Crippen molar-refractivity contribution in [2.45, 2.75) is 12.3 Å². The maximum atomic E-state index is 13.7. The van der Waals surface area contributed by atoms with Crippen LogP contribution in [0.3, 0.4) is 0 Å². The Morgan fingerprint density at radius 2 is 1.76 bits per heavy atom. The summed E-state index contributed by atoms with van der Waals surface area (Å²) in [6.07, 6.45) is -3.30. The minimum Gasteiger partial charge on any atom is -0.288 e. The van der Waals surface area contributed by atoms with Gasteiger partial charge in [-0.2, -0.15) is 8.78 Å². The van der Waals surface area contributed by atoms with E-state index in [-0.39, 0.29) is 10.4 Å². The third-order valence-corrected chi connectivity index (χ3v) is 3.64. The number of halogens is 4. The topological polar surface area (TPSA) is 17.1 Å². The number of carbonyl (C=O) groups excluding carboxylic acids is 1. The Kier molecular flexibility index (Phi) is 4.57. The lowest BCUT2D eigenvalue weighted by Gasteiger charge is -2.19. The number of benzene rings is 1. The molecule has 2 rings (SSSR count). The molecular weight excluding hydrogens is 304 g/mol. The Bertz CT molecular complexity index is 633. The fraction of sp³-hybridized carbons (Fsp3) is 0.133. The normalized spacial score (nSPS) is 12.7. The van der Waals surface area contributed by atoms with Crippen molar-refractivity contribution in [2.24, 2.45) is 0 Å². The van der Waals surface area contributed by atoms with Gasteiger partial charge in [0.15, 0.2) is 5.78 Å². The number of allylic oxidation sites excluding steroid dienone is 2. The predicted octanol–water partition coefficient (Wildman–Crippen LogP) is 4.91. The largest absolute Gasteiger partial charge is 0.333 e. The highest BCUT2D eigenvalue weighted by Crippen LogP contribution is 2.38. The molecule has 1 aromatic heterocycles. The van der Waals surface area contributed by atoms with Crippen LogP contribution in [0.4, 0.5) is 17.6 Å². The third kappa shape index (κ3) is 3.39. The molecule has 0 atom stereocenters. The fourth-order valence-electron chi connectivity index (χ4n) is 1.73. The predicted molar refractivity (Wildman–Crippen MR) is 74.0 cm³/mol. The highest BCUT2D eigenvalue weighted by Gasteiger charge is 2.45. The van der Waals surface area contributed by atoms with Gasteiger partial charge >= 0.3 is 12.3 Å². The summed E-state index contributed by atoms with van der Waals surface area (Å²) in [7, 11) is 0. The van der Waals surface area contributed by atoms with Crippen molar-refractivity contribution in [1.29, 1.82) is 0 Å². The first-order valence-corrected chi connectivity index (χ1v) is 6.82. The van der Waals surface area contributed by atoms with Crippen molar-refractivity contribution in [1.82, 2.24) is 0 Å². The number of alkyl halides is 4. The van der Waals surface area contributed by atoms with Gasteiger partial charge in [-0.1, -0.05) is 36.4 Å². The van der Waals surface area contributed by atoms with Crippen LogP contribution < -0.4 is 0 Å². The Balaban J connectivity index is 2.49. The zero-order chi connectivity index (χ0) is 15.5. The third-order valence-electron chi connectivity index (χ3n) is 2.76. The maximum Gasteiger partial charge on any atom is 0.333 e. The Hall–Kier alpha value is -1.95. The molecule has 1 nitrogen and oxygen atoms in total. The quantitative estimate of drug-likeness (QED) is 0.435. The van der Waals surface area contributed by atoms with Gasteiger partial charge in [0.25, 0.3) is 0 Å². The van der Waals surface area contributed by atoms with Gasteiger partial charge in [0.1, 0.15) is 0 Å². The standard InChI is InChI=1S/C15H10F4OS/c16-14(17)15(18,19)11(10-5-2-1-3-6-10)9-12(20)13-7-4-8-21-13/h1-9,14H/b11-9+. The van der Waals surface area contributed by atoms with Gasteiger partial charge < -0.3 is 0 Å². The van der Waals surface area contributed by atoms with E-state index in [4.69, 9.17) is 0 Å². The number of thiophene rings is 1. The van der Waals surface area contributed by atoms with Crippen molar-refractivity contribution in [3.63, 3.8) is 0 Å². The lowest BCUT2D eigenvalue weighted by Crippen LogP contribution is -2.28. The van der Waals surface area contributed by atoms with Gasteiger partial charge in [0.2, 0.25) is 0 Å². The molecule has 0 spiro atoms. The highest BCUT2D eigenvalue weighted by atomic mass is 32.1. The molecular formula is C15H10F4OS. The van der Waals surface area contributed by atoms with E-state index in [2.05, 4.69) is 0 Å². The second kappa shape index (κ2) is 6.22. The first-order chi connectivity index (χ1) is 9.93. The summed E-state index contributed by atoms with van der Waals surface area (Å²) >= 11 is 1.06. The lowest BCUT2D eigenvalue weighted by molar-refractivity contribution is -0.0824. The Morgan fingerprint density at radius 3 is 2.29 bits per heavy atom. The van der Waals surface area contributed by atoms with Crippen molar-refractivity contribution in [2.75, 3.05) is 0 Å². The molecule has 0 aliphatic carbocycles. The molecule has 110 valence electrons. The van der Waals surface area contributed by atoms with E-state index in [0.717, 1.165) is 11.3 Å². The summed E-state index contributed by atoms with van der Waals surface area (Å²) in [5.74, 6) is -5.11. The molecule has 0 saturated heterocycles. The zero-order valence-electron chi connectivity index (χ0n) is 10.6. The molecule has 0 bridgehead atoms. The van der Waals surface area contributed by atoms with Gasteiger partial charge in [0, 0.05) is 5.57 Å². The molecule has 0 radical (unpaired) electrons. The molecule has 1 aromatic carbocycles. The Morgan fingerprint density at radius 1 is 1.10 bits per heavy atom. The van der Waals surface area contributed by atoms with Gasteiger partial charge in [0.05, 0.1) is 4.88 Å². The minimum absolute atomic E-state index is 0.104. The van der Waals surface area contributed by atoms with Crippen LogP contribution >= 0.6 is 11.3 Å². The number of carbonyl (C=O) groups is 1. The van der Waals surface area contributed by atoms with E-state index >= 15 is 0 Å². The molecule has 0 aliphatic rings. The molecule has 6 heteroatoms. The lowest BCUT2D eigenvalue weighted by atomic mass is 9.98. The molecule has 0 saturated carbocycles. The summed E-state index contributed by atoms with van der Waals surface area (Å²) in [6.45, 7) is 0. The molecule has 0 N–H and O–H groups in total. The number of ketones is 1. The van der Waals surface area contributed by atoms with Crippen molar-refractivity contribution >= 4 is 22.7 Å². The van der Waals surface area contributed by atoms with Crippen LogP contribution in [0.25, 0.3) is 5.57 Å². The van der Waals surface area contributed by atoms with E-state index < -0.39 is 23.7 Å².